The van der Waals surface area contributed by atoms with Gasteiger partial charge in [-0.05, 0) is 64.0 Å². The zero-order valence-electron chi connectivity index (χ0n) is 16.9. The Morgan fingerprint density at radius 2 is 2.04 bits per heavy atom. The van der Waals surface area contributed by atoms with Gasteiger partial charge >= 0.3 is 0 Å². The monoisotopic (exact) mass is 411 g/mol. The standard InChI is InChI=1S/C20H33N3O4S/c1-3-26-20-10-12-21-13-17(20)15-6-8-16(9-7-15)27-14-19-18(5-4-11-22-19)23-28(2,24)25/h10,12-13,15-16,18-19,22-23H,3-9,11,14H2,1-2H3/t15-,16+,18-,19-/m0/s1. The molecule has 2 N–H and O–H groups in total. The van der Waals surface area contributed by atoms with Crippen molar-refractivity contribution in [1.82, 2.24) is 15.0 Å². The summed E-state index contributed by atoms with van der Waals surface area (Å²) in [5.41, 5.74) is 1.20. The molecular formula is C20H33N3O4S. The molecule has 1 aromatic heterocycles. The zero-order chi connectivity index (χ0) is 20.0. The molecule has 1 aliphatic heterocycles. The molecular weight excluding hydrogens is 378 g/mol. The second-order valence-electron chi connectivity index (χ2n) is 7.85. The lowest BCUT2D eigenvalue weighted by molar-refractivity contribution is 0.00509. The smallest absolute Gasteiger partial charge is 0.209 e. The minimum Gasteiger partial charge on any atom is -0.493 e. The number of aromatic nitrogens is 1. The van der Waals surface area contributed by atoms with Crippen LogP contribution >= 0.6 is 0 Å². The van der Waals surface area contributed by atoms with Crippen LogP contribution in [0, 0.1) is 0 Å². The van der Waals surface area contributed by atoms with Crippen molar-refractivity contribution in [3.8, 4) is 5.75 Å². The lowest BCUT2D eigenvalue weighted by Crippen LogP contribution is -2.55. The van der Waals surface area contributed by atoms with Crippen LogP contribution in [-0.2, 0) is 14.8 Å². The van der Waals surface area contributed by atoms with Gasteiger partial charge in [-0.15, -0.1) is 0 Å². The molecule has 0 bridgehead atoms. The molecule has 0 radical (unpaired) electrons. The predicted octanol–water partition coefficient (Wildman–Crippen LogP) is 2.19. The van der Waals surface area contributed by atoms with Crippen molar-refractivity contribution in [2.45, 2.75) is 69.6 Å². The summed E-state index contributed by atoms with van der Waals surface area (Å²) < 4.78 is 37.9. The third-order valence-corrected chi connectivity index (χ3v) is 6.42. The maximum absolute atomic E-state index is 11.6. The van der Waals surface area contributed by atoms with Gasteiger partial charge < -0.3 is 14.8 Å². The summed E-state index contributed by atoms with van der Waals surface area (Å²) >= 11 is 0. The summed E-state index contributed by atoms with van der Waals surface area (Å²) in [6.45, 7) is 4.11. The largest absolute Gasteiger partial charge is 0.493 e. The molecule has 3 rings (SSSR count). The molecule has 2 fully saturated rings. The topological polar surface area (TPSA) is 89.6 Å². The van der Waals surface area contributed by atoms with Crippen molar-refractivity contribution in [1.29, 1.82) is 0 Å². The van der Waals surface area contributed by atoms with Gasteiger partial charge in [0.15, 0.2) is 0 Å². The van der Waals surface area contributed by atoms with Gasteiger partial charge in [0.25, 0.3) is 0 Å². The van der Waals surface area contributed by atoms with Crippen molar-refractivity contribution >= 4 is 10.0 Å². The Morgan fingerprint density at radius 1 is 1.25 bits per heavy atom. The minimum absolute atomic E-state index is 0.0316. The van der Waals surface area contributed by atoms with Crippen LogP contribution in [0.3, 0.4) is 0 Å². The van der Waals surface area contributed by atoms with Crippen LogP contribution in [0.4, 0.5) is 0 Å². The number of sulfonamides is 1. The highest BCUT2D eigenvalue weighted by Crippen LogP contribution is 2.38. The predicted molar refractivity (Wildman–Crippen MR) is 109 cm³/mol. The molecule has 0 spiro atoms. The first kappa shape index (κ1) is 21.5. The van der Waals surface area contributed by atoms with Gasteiger partial charge in [-0.3, -0.25) is 4.98 Å². The summed E-state index contributed by atoms with van der Waals surface area (Å²) in [5.74, 6) is 1.41. The lowest BCUT2D eigenvalue weighted by Gasteiger charge is -2.35. The maximum atomic E-state index is 11.6. The molecule has 158 valence electrons. The van der Waals surface area contributed by atoms with Gasteiger partial charge in [0.05, 0.1) is 25.6 Å². The summed E-state index contributed by atoms with van der Waals surface area (Å²) in [6.07, 6.45) is 11.1. The Kier molecular flexibility index (Phi) is 7.68. The highest BCUT2D eigenvalue weighted by atomic mass is 32.2. The fraction of sp³-hybridized carbons (Fsp3) is 0.750. The first-order chi connectivity index (χ1) is 13.5. The molecule has 7 nitrogen and oxygen atoms in total. The Balaban J connectivity index is 1.49. The Hall–Kier alpha value is -1.22. The summed E-state index contributed by atoms with van der Waals surface area (Å²) in [6, 6.07) is 1.89. The molecule has 1 saturated heterocycles. The van der Waals surface area contributed by atoms with Crippen molar-refractivity contribution in [2.24, 2.45) is 0 Å². The summed E-state index contributed by atoms with van der Waals surface area (Å²) in [4.78, 5) is 4.28. The fourth-order valence-corrected chi connectivity index (χ4v) is 5.14. The second-order valence-corrected chi connectivity index (χ2v) is 9.63. The summed E-state index contributed by atoms with van der Waals surface area (Å²) in [7, 11) is -3.21. The van der Waals surface area contributed by atoms with E-state index in [0.717, 1.165) is 50.8 Å². The van der Waals surface area contributed by atoms with Crippen LogP contribution in [0.5, 0.6) is 5.75 Å². The molecule has 2 aliphatic rings. The number of pyridine rings is 1. The van der Waals surface area contributed by atoms with E-state index in [1.165, 1.54) is 11.8 Å². The van der Waals surface area contributed by atoms with E-state index in [-0.39, 0.29) is 18.2 Å². The number of hydrogen-bond acceptors (Lipinski definition) is 6. The molecule has 0 unspecified atom stereocenters. The molecule has 1 aliphatic carbocycles. The first-order valence-electron chi connectivity index (χ1n) is 10.3. The van der Waals surface area contributed by atoms with Gasteiger partial charge in [0.1, 0.15) is 5.75 Å². The van der Waals surface area contributed by atoms with Gasteiger partial charge in [-0.1, -0.05) is 0 Å². The van der Waals surface area contributed by atoms with Crippen molar-refractivity contribution in [3.05, 3.63) is 24.0 Å². The molecule has 1 saturated carbocycles. The van der Waals surface area contributed by atoms with Crippen LogP contribution < -0.4 is 14.8 Å². The van der Waals surface area contributed by atoms with E-state index in [4.69, 9.17) is 9.47 Å². The Bertz CT molecular complexity index is 720. The molecule has 28 heavy (non-hydrogen) atoms. The average Bonchev–Trinajstić information content (AvgIpc) is 2.67. The SMILES string of the molecule is CCOc1ccncc1[C@H]1CC[C@@H](OC[C@@H]2NCCC[C@@H]2NS(C)(=O)=O)CC1. The number of piperidine rings is 1. The molecule has 2 heterocycles. The first-order valence-corrected chi connectivity index (χ1v) is 12.2. The van der Waals surface area contributed by atoms with Gasteiger partial charge in [-0.25, -0.2) is 13.1 Å². The molecule has 1 aromatic rings. The highest BCUT2D eigenvalue weighted by Gasteiger charge is 2.30. The van der Waals surface area contributed by atoms with Gasteiger partial charge in [0.2, 0.25) is 10.0 Å². The normalized spacial score (nSPS) is 28.8. The van der Waals surface area contributed by atoms with Crippen LogP contribution in [0.1, 0.15) is 56.9 Å². The highest BCUT2D eigenvalue weighted by molar-refractivity contribution is 7.88. The minimum atomic E-state index is -3.21. The van der Waals surface area contributed by atoms with Crippen LogP contribution in [0.25, 0.3) is 0 Å². The molecule has 0 amide bonds. The molecule has 2 atom stereocenters. The van der Waals surface area contributed by atoms with E-state index in [2.05, 4.69) is 15.0 Å². The van der Waals surface area contributed by atoms with Crippen molar-refractivity contribution in [3.63, 3.8) is 0 Å². The maximum Gasteiger partial charge on any atom is 0.209 e. The number of rotatable bonds is 8. The average molecular weight is 412 g/mol. The third-order valence-electron chi connectivity index (χ3n) is 5.69. The Morgan fingerprint density at radius 3 is 2.75 bits per heavy atom. The van der Waals surface area contributed by atoms with E-state index in [1.54, 1.807) is 6.20 Å². The van der Waals surface area contributed by atoms with Crippen molar-refractivity contribution in [2.75, 3.05) is 26.0 Å². The molecule has 0 aromatic carbocycles. The number of nitrogens with one attached hydrogen (secondary N) is 2. The Labute approximate surface area is 168 Å². The van der Waals surface area contributed by atoms with E-state index in [0.29, 0.717) is 19.1 Å². The van der Waals surface area contributed by atoms with Gasteiger partial charge in [0, 0.05) is 30.0 Å². The quantitative estimate of drug-likeness (QED) is 0.682. The third kappa shape index (κ3) is 6.14. The number of nitrogens with zero attached hydrogens (tertiary/aromatic N) is 1. The lowest BCUT2D eigenvalue weighted by atomic mass is 9.83. The number of hydrogen-bond donors (Lipinski definition) is 2. The molecule has 8 heteroatoms. The van der Waals surface area contributed by atoms with E-state index in [9.17, 15) is 8.42 Å². The zero-order valence-corrected chi connectivity index (χ0v) is 17.7. The van der Waals surface area contributed by atoms with Crippen molar-refractivity contribution < 1.29 is 17.9 Å². The van der Waals surface area contributed by atoms with E-state index >= 15 is 0 Å². The van der Waals surface area contributed by atoms with Crippen LogP contribution in [0.2, 0.25) is 0 Å². The second kappa shape index (κ2) is 10.0. The van der Waals surface area contributed by atoms with Crippen LogP contribution in [-0.4, -0.2) is 57.6 Å². The summed E-state index contributed by atoms with van der Waals surface area (Å²) in [5, 5.41) is 3.41. The van der Waals surface area contributed by atoms with Gasteiger partial charge in [-0.2, -0.15) is 0 Å². The fourth-order valence-electron chi connectivity index (χ4n) is 4.31. The van der Waals surface area contributed by atoms with E-state index in [1.807, 2.05) is 19.2 Å². The van der Waals surface area contributed by atoms with Crippen LogP contribution in [0.15, 0.2) is 18.5 Å². The number of ether oxygens (including phenoxy) is 2. The van der Waals surface area contributed by atoms with E-state index < -0.39 is 10.0 Å².